The van der Waals surface area contributed by atoms with Crippen molar-refractivity contribution in [1.82, 2.24) is 24.7 Å². The predicted molar refractivity (Wildman–Crippen MR) is 118 cm³/mol. The summed E-state index contributed by atoms with van der Waals surface area (Å²) in [4.78, 5) is 24.8. The van der Waals surface area contributed by atoms with E-state index in [9.17, 15) is 4.79 Å². The van der Waals surface area contributed by atoms with Crippen molar-refractivity contribution in [2.45, 2.75) is 40.2 Å². The first kappa shape index (κ1) is 23.5. The summed E-state index contributed by atoms with van der Waals surface area (Å²) < 4.78 is 7.24. The third-order valence-corrected chi connectivity index (χ3v) is 4.43. The van der Waals surface area contributed by atoms with Gasteiger partial charge in [0, 0.05) is 58.2 Å². The summed E-state index contributed by atoms with van der Waals surface area (Å²) in [6.45, 7) is 11.9. The first-order valence-corrected chi connectivity index (χ1v) is 9.58. The summed E-state index contributed by atoms with van der Waals surface area (Å²) in [6.07, 6.45) is 5.76. The Morgan fingerprint density at radius 2 is 1.93 bits per heavy atom. The number of carbonyl (C=O) groups excluding carboxylic acids is 1. The SMILES string of the molecule is CCNC(=NCCCCn1ccnc1C)N1CCN(C(=O)OCC)CC1.I. The van der Waals surface area contributed by atoms with Gasteiger partial charge in [0.25, 0.3) is 0 Å². The van der Waals surface area contributed by atoms with Gasteiger partial charge in [-0.2, -0.15) is 0 Å². The van der Waals surface area contributed by atoms with Gasteiger partial charge in [-0.15, -0.1) is 24.0 Å². The zero-order valence-electron chi connectivity index (χ0n) is 16.7. The normalized spacial score (nSPS) is 14.7. The van der Waals surface area contributed by atoms with E-state index in [4.69, 9.17) is 9.73 Å². The maximum Gasteiger partial charge on any atom is 0.409 e. The van der Waals surface area contributed by atoms with Crippen molar-refractivity contribution in [1.29, 1.82) is 0 Å². The van der Waals surface area contributed by atoms with Gasteiger partial charge in [0.1, 0.15) is 5.82 Å². The standard InChI is InChI=1S/C18H32N6O2.HI/c1-4-19-17(21-8-6-7-10-22-11-9-20-16(22)3)23-12-14-24(15-13-23)18(25)26-5-2;/h9,11H,4-8,10,12-15H2,1-3H3,(H,19,21);1H. The monoisotopic (exact) mass is 492 g/mol. The smallest absolute Gasteiger partial charge is 0.409 e. The van der Waals surface area contributed by atoms with Gasteiger partial charge in [-0.3, -0.25) is 4.99 Å². The minimum absolute atomic E-state index is 0. The van der Waals surface area contributed by atoms with Gasteiger partial charge in [0.15, 0.2) is 5.96 Å². The van der Waals surface area contributed by atoms with Crippen LogP contribution in [0.4, 0.5) is 4.79 Å². The molecular weight excluding hydrogens is 459 g/mol. The second-order valence-electron chi connectivity index (χ2n) is 6.28. The van der Waals surface area contributed by atoms with E-state index in [0.717, 1.165) is 57.3 Å². The fourth-order valence-electron chi connectivity index (χ4n) is 2.96. The largest absolute Gasteiger partial charge is 0.450 e. The van der Waals surface area contributed by atoms with E-state index in [-0.39, 0.29) is 30.1 Å². The Morgan fingerprint density at radius 3 is 2.52 bits per heavy atom. The Balaban J connectivity index is 0.00000364. The van der Waals surface area contributed by atoms with Crippen LogP contribution < -0.4 is 5.32 Å². The van der Waals surface area contributed by atoms with Gasteiger partial charge in [0.05, 0.1) is 6.61 Å². The van der Waals surface area contributed by atoms with Gasteiger partial charge in [-0.05, 0) is 33.6 Å². The van der Waals surface area contributed by atoms with E-state index in [1.807, 2.05) is 26.2 Å². The molecule has 0 unspecified atom stereocenters. The first-order chi connectivity index (χ1) is 12.7. The van der Waals surface area contributed by atoms with Crippen LogP contribution in [0.15, 0.2) is 17.4 Å². The van der Waals surface area contributed by atoms with Crippen molar-refractivity contribution < 1.29 is 9.53 Å². The van der Waals surface area contributed by atoms with Crippen LogP contribution in [0.25, 0.3) is 0 Å². The molecule has 0 atom stereocenters. The summed E-state index contributed by atoms with van der Waals surface area (Å²) in [6, 6.07) is 0. The molecule has 0 radical (unpaired) electrons. The van der Waals surface area contributed by atoms with Crippen molar-refractivity contribution in [3.8, 4) is 0 Å². The molecule has 0 saturated carbocycles. The molecule has 1 aromatic rings. The van der Waals surface area contributed by atoms with E-state index in [1.54, 1.807) is 4.90 Å². The Labute approximate surface area is 179 Å². The lowest BCUT2D eigenvalue weighted by Crippen LogP contribution is -2.53. The van der Waals surface area contributed by atoms with E-state index >= 15 is 0 Å². The number of guanidine groups is 1. The molecule has 154 valence electrons. The number of aryl methyl sites for hydroxylation is 2. The molecule has 1 aliphatic heterocycles. The van der Waals surface area contributed by atoms with Crippen molar-refractivity contribution in [2.75, 3.05) is 45.9 Å². The second kappa shape index (κ2) is 12.8. The van der Waals surface area contributed by atoms with E-state index in [0.29, 0.717) is 19.7 Å². The molecule has 2 heterocycles. The summed E-state index contributed by atoms with van der Waals surface area (Å²) in [5, 5.41) is 3.36. The number of hydrogen-bond acceptors (Lipinski definition) is 4. The highest BCUT2D eigenvalue weighted by Gasteiger charge is 2.23. The average Bonchev–Trinajstić information content (AvgIpc) is 3.06. The van der Waals surface area contributed by atoms with E-state index in [1.165, 1.54) is 0 Å². The van der Waals surface area contributed by atoms with Crippen LogP contribution in [0, 0.1) is 6.92 Å². The number of ether oxygens (including phenoxy) is 1. The van der Waals surface area contributed by atoms with Crippen LogP contribution in [0.3, 0.4) is 0 Å². The van der Waals surface area contributed by atoms with Crippen LogP contribution in [-0.4, -0.2) is 77.3 Å². The lowest BCUT2D eigenvalue weighted by atomic mass is 10.3. The Morgan fingerprint density at radius 1 is 1.22 bits per heavy atom. The molecule has 0 aliphatic carbocycles. The molecule has 1 fully saturated rings. The number of aromatic nitrogens is 2. The number of imidazole rings is 1. The minimum Gasteiger partial charge on any atom is -0.450 e. The van der Waals surface area contributed by atoms with E-state index < -0.39 is 0 Å². The van der Waals surface area contributed by atoms with Crippen molar-refractivity contribution >= 4 is 36.0 Å². The summed E-state index contributed by atoms with van der Waals surface area (Å²) >= 11 is 0. The number of nitrogens with one attached hydrogen (secondary N) is 1. The minimum atomic E-state index is -0.219. The molecule has 2 rings (SSSR count). The Hall–Kier alpha value is -1.52. The molecule has 9 heteroatoms. The van der Waals surface area contributed by atoms with Gasteiger partial charge < -0.3 is 24.4 Å². The van der Waals surface area contributed by atoms with Gasteiger partial charge in [0.2, 0.25) is 0 Å². The van der Waals surface area contributed by atoms with Crippen LogP contribution >= 0.6 is 24.0 Å². The number of hydrogen-bond donors (Lipinski definition) is 1. The maximum atomic E-state index is 11.8. The molecular formula is C18H33IN6O2. The number of carbonyl (C=O) groups is 1. The van der Waals surface area contributed by atoms with Gasteiger partial charge in [-0.25, -0.2) is 9.78 Å². The molecule has 0 bridgehead atoms. The first-order valence-electron chi connectivity index (χ1n) is 9.58. The van der Waals surface area contributed by atoms with Crippen molar-refractivity contribution in [3.63, 3.8) is 0 Å². The molecule has 27 heavy (non-hydrogen) atoms. The van der Waals surface area contributed by atoms with Crippen LogP contribution in [-0.2, 0) is 11.3 Å². The lowest BCUT2D eigenvalue weighted by Gasteiger charge is -2.35. The molecule has 1 aliphatic rings. The molecule has 1 amide bonds. The van der Waals surface area contributed by atoms with Crippen LogP contribution in [0.5, 0.6) is 0 Å². The number of nitrogens with zero attached hydrogens (tertiary/aromatic N) is 5. The molecule has 0 spiro atoms. The van der Waals surface area contributed by atoms with Crippen molar-refractivity contribution in [2.24, 2.45) is 4.99 Å². The lowest BCUT2D eigenvalue weighted by molar-refractivity contribution is 0.0914. The number of halogens is 1. The molecule has 1 N–H and O–H groups in total. The maximum absolute atomic E-state index is 11.8. The number of amides is 1. The zero-order chi connectivity index (χ0) is 18.8. The number of aliphatic imine (C=N–C) groups is 1. The van der Waals surface area contributed by atoms with Gasteiger partial charge >= 0.3 is 6.09 Å². The molecule has 1 aromatic heterocycles. The Bertz CT molecular complexity index is 584. The highest BCUT2D eigenvalue weighted by atomic mass is 127. The molecule has 1 saturated heterocycles. The predicted octanol–water partition coefficient (Wildman–Crippen LogP) is 2.33. The topological polar surface area (TPSA) is 75.0 Å². The number of piperazine rings is 1. The molecule has 8 nitrogen and oxygen atoms in total. The summed E-state index contributed by atoms with van der Waals surface area (Å²) in [5.41, 5.74) is 0. The fourth-order valence-corrected chi connectivity index (χ4v) is 2.96. The number of unbranched alkanes of at least 4 members (excludes halogenated alkanes) is 1. The average molecular weight is 492 g/mol. The Kier molecular flexibility index (Phi) is 11.1. The van der Waals surface area contributed by atoms with Crippen LogP contribution in [0.2, 0.25) is 0 Å². The third kappa shape index (κ3) is 7.55. The summed E-state index contributed by atoms with van der Waals surface area (Å²) in [5.74, 6) is 2.00. The fraction of sp³-hybridized carbons (Fsp3) is 0.722. The number of rotatable bonds is 7. The van der Waals surface area contributed by atoms with Crippen molar-refractivity contribution in [3.05, 3.63) is 18.2 Å². The quantitative estimate of drug-likeness (QED) is 0.274. The second-order valence-corrected chi connectivity index (χ2v) is 6.28. The third-order valence-electron chi connectivity index (χ3n) is 4.43. The highest BCUT2D eigenvalue weighted by molar-refractivity contribution is 14.0. The zero-order valence-corrected chi connectivity index (χ0v) is 19.0. The van der Waals surface area contributed by atoms with E-state index in [2.05, 4.69) is 26.7 Å². The highest BCUT2D eigenvalue weighted by Crippen LogP contribution is 2.05. The summed E-state index contributed by atoms with van der Waals surface area (Å²) in [7, 11) is 0. The van der Waals surface area contributed by atoms with Gasteiger partial charge in [-0.1, -0.05) is 0 Å². The molecule has 0 aromatic carbocycles. The van der Waals surface area contributed by atoms with Crippen LogP contribution in [0.1, 0.15) is 32.5 Å².